The number of hydroxylamine groups is 1. The Morgan fingerprint density at radius 3 is 2.46 bits per heavy atom. The molecule has 1 aromatic heterocycles. The monoisotopic (exact) mass is 395 g/mol. The number of carbonyl (C=O) groups excluding carboxylic acids is 1. The lowest BCUT2D eigenvalue weighted by Crippen LogP contribution is -2.47. The van der Waals surface area contributed by atoms with Crippen LogP contribution in [-0.2, 0) is 0 Å². The molecule has 2 aliphatic heterocycles. The Morgan fingerprint density at radius 1 is 1.18 bits per heavy atom. The number of piperazine rings is 1. The third-order valence-corrected chi connectivity index (χ3v) is 4.88. The van der Waals surface area contributed by atoms with E-state index in [0.717, 1.165) is 6.42 Å². The number of hydrogen-bond acceptors (Lipinski definition) is 7. The van der Waals surface area contributed by atoms with Crippen molar-refractivity contribution in [2.24, 2.45) is 0 Å². The van der Waals surface area contributed by atoms with Crippen molar-refractivity contribution >= 4 is 17.5 Å². The number of fused-ring (bicyclic) bond motifs is 2. The van der Waals surface area contributed by atoms with Crippen LogP contribution in [0.25, 0.3) is 0 Å². The molecule has 2 fully saturated rings. The van der Waals surface area contributed by atoms with E-state index in [1.165, 1.54) is 36.1 Å². The van der Waals surface area contributed by atoms with Crippen molar-refractivity contribution < 1.29 is 27.9 Å². The maximum absolute atomic E-state index is 12.4. The molecular formula is C17H16F3N5O3. The Hall–Kier alpha value is -3.08. The van der Waals surface area contributed by atoms with Crippen LogP contribution in [-0.4, -0.2) is 52.6 Å². The molecule has 0 unspecified atom stereocenters. The lowest BCUT2D eigenvalue weighted by molar-refractivity contribution is -0.274. The first-order chi connectivity index (χ1) is 13.3. The van der Waals surface area contributed by atoms with Crippen LogP contribution in [0.1, 0.15) is 16.8 Å². The van der Waals surface area contributed by atoms with Crippen LogP contribution in [0.5, 0.6) is 5.75 Å². The summed E-state index contributed by atoms with van der Waals surface area (Å²) >= 11 is 0. The van der Waals surface area contributed by atoms with E-state index in [1.54, 1.807) is 6.07 Å². The largest absolute Gasteiger partial charge is 0.573 e. The zero-order valence-electron chi connectivity index (χ0n) is 14.4. The van der Waals surface area contributed by atoms with Crippen molar-refractivity contribution in [3.05, 3.63) is 42.2 Å². The summed E-state index contributed by atoms with van der Waals surface area (Å²) in [5.41, 5.74) is 2.33. The van der Waals surface area contributed by atoms with Crippen molar-refractivity contribution in [1.82, 2.24) is 15.4 Å². The van der Waals surface area contributed by atoms with Crippen LogP contribution < -0.4 is 20.0 Å². The topological polar surface area (TPSA) is 90.8 Å². The Labute approximate surface area is 157 Å². The molecule has 0 saturated carbocycles. The summed E-state index contributed by atoms with van der Waals surface area (Å²) in [7, 11) is 0. The molecule has 2 aliphatic rings. The predicted molar refractivity (Wildman–Crippen MR) is 91.3 cm³/mol. The second-order valence-electron chi connectivity index (χ2n) is 6.61. The fraction of sp³-hybridized carbons (Fsp3) is 0.353. The van der Waals surface area contributed by atoms with Crippen molar-refractivity contribution in [1.29, 1.82) is 0 Å². The van der Waals surface area contributed by atoms with E-state index in [4.69, 9.17) is 5.21 Å². The summed E-state index contributed by atoms with van der Waals surface area (Å²) in [6.45, 7) is 1.23. The van der Waals surface area contributed by atoms with Crippen molar-refractivity contribution in [3.63, 3.8) is 0 Å². The van der Waals surface area contributed by atoms with E-state index in [9.17, 15) is 18.0 Å². The van der Waals surface area contributed by atoms with E-state index in [-0.39, 0.29) is 23.4 Å². The SMILES string of the molecule is O=C(NO)c1cnc(N2C[C@H]3C[C@H]2CN3c2cccc(OC(F)(F)F)c2)nc1. The molecule has 1 amide bonds. The molecule has 2 bridgehead atoms. The summed E-state index contributed by atoms with van der Waals surface area (Å²) in [6.07, 6.45) is -1.24. The number of amides is 1. The number of anilines is 2. The first-order valence-electron chi connectivity index (χ1n) is 8.49. The third-order valence-electron chi connectivity index (χ3n) is 4.88. The number of ether oxygens (including phenoxy) is 1. The number of alkyl halides is 3. The van der Waals surface area contributed by atoms with Crippen LogP contribution in [0.3, 0.4) is 0 Å². The Kier molecular flexibility index (Phi) is 4.46. The van der Waals surface area contributed by atoms with Gasteiger partial charge in [0.2, 0.25) is 5.95 Å². The van der Waals surface area contributed by atoms with Gasteiger partial charge < -0.3 is 14.5 Å². The highest BCUT2D eigenvalue weighted by molar-refractivity contribution is 5.92. The minimum atomic E-state index is -4.73. The maximum atomic E-state index is 12.4. The van der Waals surface area contributed by atoms with E-state index < -0.39 is 12.3 Å². The van der Waals surface area contributed by atoms with E-state index >= 15 is 0 Å². The molecule has 2 aromatic rings. The van der Waals surface area contributed by atoms with Crippen molar-refractivity contribution in [3.8, 4) is 5.75 Å². The molecule has 2 N–H and O–H groups in total. The molecule has 3 heterocycles. The van der Waals surface area contributed by atoms with Crippen molar-refractivity contribution in [2.45, 2.75) is 24.9 Å². The van der Waals surface area contributed by atoms with E-state index in [2.05, 4.69) is 19.6 Å². The fourth-order valence-corrected chi connectivity index (χ4v) is 3.74. The molecule has 28 heavy (non-hydrogen) atoms. The summed E-state index contributed by atoms with van der Waals surface area (Å²) in [5, 5.41) is 8.63. The van der Waals surface area contributed by atoms with Gasteiger partial charge in [0.1, 0.15) is 5.75 Å². The fourth-order valence-electron chi connectivity index (χ4n) is 3.74. The van der Waals surface area contributed by atoms with Crippen LogP contribution in [0.4, 0.5) is 24.8 Å². The van der Waals surface area contributed by atoms with Gasteiger partial charge in [0.25, 0.3) is 5.91 Å². The van der Waals surface area contributed by atoms with E-state index in [0.29, 0.717) is 24.7 Å². The summed E-state index contributed by atoms with van der Waals surface area (Å²) in [6, 6.07) is 6.17. The number of benzene rings is 1. The van der Waals surface area contributed by atoms with Crippen LogP contribution in [0.15, 0.2) is 36.7 Å². The average Bonchev–Trinajstić information content (AvgIpc) is 3.27. The van der Waals surface area contributed by atoms with Crippen LogP contribution >= 0.6 is 0 Å². The lowest BCUT2D eigenvalue weighted by atomic mass is 10.2. The Bertz CT molecular complexity index is 877. The Balaban J connectivity index is 1.46. The molecule has 1 aromatic carbocycles. The highest BCUT2D eigenvalue weighted by atomic mass is 19.4. The number of carbonyl (C=O) groups is 1. The smallest absolute Gasteiger partial charge is 0.406 e. The predicted octanol–water partition coefficient (Wildman–Crippen LogP) is 1.96. The van der Waals surface area contributed by atoms with Gasteiger partial charge in [-0.15, -0.1) is 13.2 Å². The number of nitrogens with zero attached hydrogens (tertiary/aromatic N) is 4. The molecular weight excluding hydrogens is 379 g/mol. The summed E-state index contributed by atoms with van der Waals surface area (Å²) < 4.78 is 41.3. The first-order valence-corrected chi connectivity index (χ1v) is 8.49. The highest BCUT2D eigenvalue weighted by Gasteiger charge is 2.44. The number of hydrogen-bond donors (Lipinski definition) is 2. The van der Waals surface area contributed by atoms with Gasteiger partial charge in [-0.2, -0.15) is 0 Å². The Morgan fingerprint density at radius 2 is 1.86 bits per heavy atom. The van der Waals surface area contributed by atoms with Gasteiger partial charge in [-0.25, -0.2) is 15.4 Å². The van der Waals surface area contributed by atoms with Gasteiger partial charge in [-0.05, 0) is 18.6 Å². The molecule has 0 aliphatic carbocycles. The van der Waals surface area contributed by atoms with Gasteiger partial charge >= 0.3 is 6.36 Å². The van der Waals surface area contributed by atoms with Gasteiger partial charge in [0.15, 0.2) is 0 Å². The average molecular weight is 395 g/mol. The zero-order valence-corrected chi connectivity index (χ0v) is 14.4. The molecule has 8 nitrogen and oxygen atoms in total. The lowest BCUT2D eigenvalue weighted by Gasteiger charge is -2.35. The second-order valence-corrected chi connectivity index (χ2v) is 6.61. The number of halogens is 3. The molecule has 11 heteroatoms. The first kappa shape index (κ1) is 18.3. The zero-order chi connectivity index (χ0) is 19.9. The summed E-state index contributed by atoms with van der Waals surface area (Å²) in [4.78, 5) is 23.8. The van der Waals surface area contributed by atoms with Gasteiger partial charge in [0, 0.05) is 43.3 Å². The van der Waals surface area contributed by atoms with Gasteiger partial charge in [-0.1, -0.05) is 6.07 Å². The molecule has 0 spiro atoms. The second kappa shape index (κ2) is 6.82. The minimum Gasteiger partial charge on any atom is -0.406 e. The standard InChI is InChI=1S/C17H16F3N5O3/c18-17(19,20)28-14-3-1-2-11(5-14)24-8-13-4-12(24)9-25(13)16-21-6-10(7-22-16)15(26)23-27/h1-3,5-7,12-13,27H,4,8-9H2,(H,23,26)/t12-,13+/m1/s1. The van der Waals surface area contributed by atoms with Gasteiger partial charge in [-0.3, -0.25) is 10.0 Å². The molecule has 2 saturated heterocycles. The van der Waals surface area contributed by atoms with Crippen molar-refractivity contribution in [2.75, 3.05) is 22.9 Å². The maximum Gasteiger partial charge on any atom is 0.573 e. The molecule has 0 radical (unpaired) electrons. The quantitative estimate of drug-likeness (QED) is 0.604. The molecule has 4 rings (SSSR count). The molecule has 2 atom stereocenters. The highest BCUT2D eigenvalue weighted by Crippen LogP contribution is 2.37. The van der Waals surface area contributed by atoms with E-state index in [1.807, 2.05) is 4.90 Å². The van der Waals surface area contributed by atoms with Crippen LogP contribution in [0.2, 0.25) is 0 Å². The number of aromatic nitrogens is 2. The van der Waals surface area contributed by atoms with Crippen LogP contribution in [0, 0.1) is 0 Å². The number of rotatable bonds is 4. The summed E-state index contributed by atoms with van der Waals surface area (Å²) in [5.74, 6) is -0.469. The minimum absolute atomic E-state index is 0.106. The number of nitrogens with one attached hydrogen (secondary N) is 1. The van der Waals surface area contributed by atoms with Gasteiger partial charge in [0.05, 0.1) is 11.6 Å². The third kappa shape index (κ3) is 3.52. The normalized spacial score (nSPS) is 21.1. The molecule has 148 valence electrons.